The van der Waals surface area contributed by atoms with Crippen LogP contribution in [0.3, 0.4) is 0 Å². The Morgan fingerprint density at radius 3 is 2.87 bits per heavy atom. The van der Waals surface area contributed by atoms with Gasteiger partial charge in [-0.3, -0.25) is 4.98 Å². The number of rotatable bonds is 2. The van der Waals surface area contributed by atoms with E-state index in [2.05, 4.69) is 9.40 Å². The minimum atomic E-state index is -3.33. The fourth-order valence-corrected chi connectivity index (χ4v) is 1.26. The predicted molar refractivity (Wildman–Crippen MR) is 47.8 cm³/mol. The zero-order chi connectivity index (χ0) is 11.1. The molecule has 2 aromatic rings. The molecule has 0 atom stereocenters. The standard InChI is InChI=1S/C9H7F2NO3/c10-9(11,4-13)5-1-2-6-7(3-5)15-8(14)12-6/h1-3,13H,4H2,(H,12,14). The molecule has 2 rings (SSSR count). The highest BCUT2D eigenvalue weighted by Crippen LogP contribution is 2.28. The number of aliphatic hydroxyl groups is 1. The first-order chi connectivity index (χ1) is 7.03. The second-order valence-electron chi connectivity index (χ2n) is 3.09. The zero-order valence-electron chi connectivity index (χ0n) is 7.46. The van der Waals surface area contributed by atoms with Gasteiger partial charge in [0, 0.05) is 5.56 Å². The summed E-state index contributed by atoms with van der Waals surface area (Å²) in [6.07, 6.45) is 0. The number of H-pyrrole nitrogens is 1. The maximum atomic E-state index is 13.0. The highest BCUT2D eigenvalue weighted by atomic mass is 19.3. The molecule has 0 aliphatic carbocycles. The molecule has 2 N–H and O–H groups in total. The van der Waals surface area contributed by atoms with Crippen LogP contribution in [0.15, 0.2) is 27.4 Å². The van der Waals surface area contributed by atoms with Gasteiger partial charge in [0.2, 0.25) is 0 Å². The van der Waals surface area contributed by atoms with Crippen molar-refractivity contribution in [3.8, 4) is 0 Å². The van der Waals surface area contributed by atoms with E-state index in [-0.39, 0.29) is 11.1 Å². The fraction of sp³-hybridized carbons (Fsp3) is 0.222. The highest BCUT2D eigenvalue weighted by molar-refractivity contribution is 5.72. The first kappa shape index (κ1) is 9.85. The number of aliphatic hydroxyl groups excluding tert-OH is 1. The molecule has 6 heteroatoms. The summed E-state index contributed by atoms with van der Waals surface area (Å²) in [6, 6.07) is 3.46. The molecular formula is C9H7F2NO3. The van der Waals surface area contributed by atoms with Gasteiger partial charge in [-0.2, -0.15) is 8.78 Å². The van der Waals surface area contributed by atoms with Gasteiger partial charge in [-0.25, -0.2) is 4.79 Å². The lowest BCUT2D eigenvalue weighted by Crippen LogP contribution is -2.18. The number of hydrogen-bond acceptors (Lipinski definition) is 3. The fourth-order valence-electron chi connectivity index (χ4n) is 1.26. The Morgan fingerprint density at radius 2 is 2.20 bits per heavy atom. The van der Waals surface area contributed by atoms with Crippen molar-refractivity contribution in [1.82, 2.24) is 4.98 Å². The Hall–Kier alpha value is -1.69. The number of nitrogens with one attached hydrogen (secondary N) is 1. The van der Waals surface area contributed by atoms with Crippen LogP contribution in [0.1, 0.15) is 5.56 Å². The molecule has 80 valence electrons. The van der Waals surface area contributed by atoms with Crippen LogP contribution in [0.2, 0.25) is 0 Å². The quantitative estimate of drug-likeness (QED) is 0.791. The molecule has 0 amide bonds. The molecule has 0 saturated heterocycles. The van der Waals surface area contributed by atoms with E-state index in [1.807, 2.05) is 0 Å². The van der Waals surface area contributed by atoms with Gasteiger partial charge in [0.1, 0.15) is 6.61 Å². The maximum Gasteiger partial charge on any atom is 0.417 e. The van der Waals surface area contributed by atoms with E-state index in [0.717, 1.165) is 12.1 Å². The van der Waals surface area contributed by atoms with Gasteiger partial charge < -0.3 is 9.52 Å². The van der Waals surface area contributed by atoms with Crippen molar-refractivity contribution in [1.29, 1.82) is 0 Å². The van der Waals surface area contributed by atoms with E-state index in [9.17, 15) is 13.6 Å². The second kappa shape index (κ2) is 3.16. The van der Waals surface area contributed by atoms with Gasteiger partial charge in [0.25, 0.3) is 5.92 Å². The summed E-state index contributed by atoms with van der Waals surface area (Å²) < 4.78 is 30.7. The van der Waals surface area contributed by atoms with Gasteiger partial charge >= 0.3 is 5.76 Å². The van der Waals surface area contributed by atoms with Crippen molar-refractivity contribution < 1.29 is 18.3 Å². The first-order valence-corrected chi connectivity index (χ1v) is 4.15. The van der Waals surface area contributed by atoms with Crippen molar-refractivity contribution in [2.24, 2.45) is 0 Å². The van der Waals surface area contributed by atoms with Crippen LogP contribution < -0.4 is 5.76 Å². The van der Waals surface area contributed by atoms with Crippen molar-refractivity contribution in [2.75, 3.05) is 6.61 Å². The molecule has 0 bridgehead atoms. The summed E-state index contributed by atoms with van der Waals surface area (Å²) in [6.45, 7) is -1.28. The van der Waals surface area contributed by atoms with Crippen molar-refractivity contribution in [3.05, 3.63) is 34.3 Å². The first-order valence-electron chi connectivity index (χ1n) is 4.15. The lowest BCUT2D eigenvalue weighted by molar-refractivity contribution is -0.0555. The number of oxazole rings is 1. The average Bonchev–Trinajstić information content (AvgIpc) is 2.56. The number of hydrogen-bond donors (Lipinski definition) is 2. The molecule has 0 fully saturated rings. The number of benzene rings is 1. The van der Waals surface area contributed by atoms with Gasteiger partial charge in [0.15, 0.2) is 5.58 Å². The second-order valence-corrected chi connectivity index (χ2v) is 3.09. The molecule has 0 radical (unpaired) electrons. The topological polar surface area (TPSA) is 66.2 Å². The molecule has 0 aliphatic rings. The molecule has 0 aliphatic heterocycles. The summed E-state index contributed by atoms with van der Waals surface area (Å²) in [5.74, 6) is -4.03. The van der Waals surface area contributed by atoms with Crippen molar-refractivity contribution in [2.45, 2.75) is 5.92 Å². The van der Waals surface area contributed by atoms with Gasteiger partial charge in [-0.05, 0) is 12.1 Å². The smallest absolute Gasteiger partial charge is 0.408 e. The summed E-state index contributed by atoms with van der Waals surface area (Å²) >= 11 is 0. The summed E-state index contributed by atoms with van der Waals surface area (Å²) in [4.78, 5) is 13.1. The van der Waals surface area contributed by atoms with Gasteiger partial charge in [-0.1, -0.05) is 6.07 Å². The molecule has 4 nitrogen and oxygen atoms in total. The lowest BCUT2D eigenvalue weighted by atomic mass is 10.1. The van der Waals surface area contributed by atoms with E-state index >= 15 is 0 Å². The molecule has 1 heterocycles. The van der Waals surface area contributed by atoms with E-state index < -0.39 is 18.3 Å². The Balaban J connectivity index is 2.60. The highest BCUT2D eigenvalue weighted by Gasteiger charge is 2.30. The number of aromatic amines is 1. The number of aromatic nitrogens is 1. The Labute approximate surface area is 82.1 Å². The van der Waals surface area contributed by atoms with Crippen LogP contribution >= 0.6 is 0 Å². The van der Waals surface area contributed by atoms with E-state index in [1.165, 1.54) is 6.07 Å². The molecule has 0 unspecified atom stereocenters. The summed E-state index contributed by atoms with van der Waals surface area (Å²) in [5, 5.41) is 8.47. The molecule has 0 saturated carbocycles. The summed E-state index contributed by atoms with van der Waals surface area (Å²) in [5.41, 5.74) is 0.00312. The lowest BCUT2D eigenvalue weighted by Gasteiger charge is -2.12. The number of alkyl halides is 2. The van der Waals surface area contributed by atoms with Crippen LogP contribution in [0.4, 0.5) is 8.78 Å². The predicted octanol–water partition coefficient (Wildman–Crippen LogP) is 1.21. The molecule has 1 aromatic carbocycles. The average molecular weight is 215 g/mol. The molecule has 15 heavy (non-hydrogen) atoms. The summed E-state index contributed by atoms with van der Waals surface area (Å²) in [7, 11) is 0. The number of halogens is 2. The van der Waals surface area contributed by atoms with Crippen LogP contribution in [-0.2, 0) is 5.92 Å². The van der Waals surface area contributed by atoms with Crippen LogP contribution in [0.25, 0.3) is 11.1 Å². The van der Waals surface area contributed by atoms with Gasteiger partial charge in [0.05, 0.1) is 5.52 Å². The Morgan fingerprint density at radius 1 is 1.47 bits per heavy atom. The molecule has 1 aromatic heterocycles. The van der Waals surface area contributed by atoms with Crippen LogP contribution in [0, 0.1) is 0 Å². The third-order valence-corrected chi connectivity index (χ3v) is 2.04. The SMILES string of the molecule is O=c1[nH]c2ccc(C(F)(F)CO)cc2o1. The van der Waals surface area contributed by atoms with Crippen molar-refractivity contribution >= 4 is 11.1 Å². The minimum Gasteiger partial charge on any atom is -0.408 e. The zero-order valence-corrected chi connectivity index (χ0v) is 7.46. The monoisotopic (exact) mass is 215 g/mol. The third-order valence-electron chi connectivity index (χ3n) is 2.04. The van der Waals surface area contributed by atoms with Gasteiger partial charge in [-0.15, -0.1) is 0 Å². The molecule has 0 spiro atoms. The normalized spacial score (nSPS) is 12.2. The van der Waals surface area contributed by atoms with E-state index in [0.29, 0.717) is 5.52 Å². The largest absolute Gasteiger partial charge is 0.417 e. The Kier molecular flexibility index (Phi) is 2.08. The van der Waals surface area contributed by atoms with Crippen molar-refractivity contribution in [3.63, 3.8) is 0 Å². The number of fused-ring (bicyclic) bond motifs is 1. The molecular weight excluding hydrogens is 208 g/mol. The third kappa shape index (κ3) is 1.63. The minimum absolute atomic E-state index is 0.0469. The van der Waals surface area contributed by atoms with Crippen LogP contribution in [0.5, 0.6) is 0 Å². The Bertz CT molecular complexity index is 544. The maximum absolute atomic E-state index is 13.0. The van der Waals surface area contributed by atoms with E-state index in [4.69, 9.17) is 5.11 Å². The van der Waals surface area contributed by atoms with E-state index in [1.54, 1.807) is 0 Å². The van der Waals surface area contributed by atoms with Crippen LogP contribution in [-0.4, -0.2) is 16.7 Å².